The molecule has 1 aromatic heterocycles. The van der Waals surface area contributed by atoms with Gasteiger partial charge >= 0.3 is 6.09 Å². The first kappa shape index (κ1) is 25.5. The molecule has 0 saturated carbocycles. The summed E-state index contributed by atoms with van der Waals surface area (Å²) in [6.45, 7) is 8.27. The standard InChI is InChI=1S/C24H29BrClN3O4/c1-16(30)29-19(15-32-14-17-8-6-5-7-9-17)12-28(23(31)33-24(2,3)4)13-20(29)18-10-21(25)27-22(26)11-18/h5-11,19-20H,12-15H2,1-4H3/t19-,20-/m0/s1. The molecule has 2 heterocycles. The van der Waals surface area contributed by atoms with Gasteiger partial charge in [0.2, 0.25) is 5.91 Å². The van der Waals surface area contributed by atoms with Crippen molar-refractivity contribution >= 4 is 39.5 Å². The Morgan fingerprint density at radius 3 is 2.48 bits per heavy atom. The zero-order valence-corrected chi connectivity index (χ0v) is 21.6. The van der Waals surface area contributed by atoms with Gasteiger partial charge in [0.1, 0.15) is 15.4 Å². The maximum atomic E-state index is 13.0. The van der Waals surface area contributed by atoms with Gasteiger partial charge in [0.05, 0.1) is 25.3 Å². The van der Waals surface area contributed by atoms with Crippen molar-refractivity contribution in [2.24, 2.45) is 0 Å². The molecular weight excluding hydrogens is 510 g/mol. The van der Waals surface area contributed by atoms with Gasteiger partial charge in [0, 0.05) is 20.0 Å². The highest BCUT2D eigenvalue weighted by Crippen LogP contribution is 2.32. The van der Waals surface area contributed by atoms with Crippen LogP contribution < -0.4 is 0 Å². The maximum Gasteiger partial charge on any atom is 0.410 e. The number of ether oxygens (including phenoxy) is 2. The number of rotatable bonds is 5. The summed E-state index contributed by atoms with van der Waals surface area (Å²) < 4.78 is 12.2. The van der Waals surface area contributed by atoms with E-state index in [1.54, 1.807) is 15.9 Å². The summed E-state index contributed by atoms with van der Waals surface area (Å²) in [5.41, 5.74) is 1.18. The second-order valence-corrected chi connectivity index (χ2v) is 10.2. The van der Waals surface area contributed by atoms with E-state index in [-0.39, 0.29) is 25.1 Å². The van der Waals surface area contributed by atoms with Crippen LogP contribution in [0.15, 0.2) is 47.1 Å². The van der Waals surface area contributed by atoms with Gasteiger partial charge < -0.3 is 19.3 Å². The number of benzene rings is 1. The Morgan fingerprint density at radius 2 is 1.88 bits per heavy atom. The minimum absolute atomic E-state index is 0.110. The highest BCUT2D eigenvalue weighted by molar-refractivity contribution is 9.10. The number of amides is 2. The number of piperazine rings is 1. The van der Waals surface area contributed by atoms with Crippen LogP contribution in [-0.4, -0.2) is 58.1 Å². The SMILES string of the molecule is CC(=O)N1[C@H](COCc2ccccc2)CN(C(=O)OC(C)(C)C)C[C@H]1c1cc(Cl)nc(Br)c1. The van der Waals surface area contributed by atoms with Crippen molar-refractivity contribution in [3.63, 3.8) is 0 Å². The van der Waals surface area contributed by atoms with E-state index in [2.05, 4.69) is 20.9 Å². The lowest BCUT2D eigenvalue weighted by molar-refractivity contribution is -0.140. The first-order valence-corrected chi connectivity index (χ1v) is 11.9. The van der Waals surface area contributed by atoms with Crippen LogP contribution in [0.3, 0.4) is 0 Å². The third kappa shape index (κ3) is 7.16. The molecule has 3 rings (SSSR count). The molecular formula is C24H29BrClN3O4. The van der Waals surface area contributed by atoms with Gasteiger partial charge in [0.25, 0.3) is 0 Å². The summed E-state index contributed by atoms with van der Waals surface area (Å²) in [4.78, 5) is 33.3. The topological polar surface area (TPSA) is 72.0 Å². The van der Waals surface area contributed by atoms with Crippen LogP contribution in [0, 0.1) is 0 Å². The summed E-state index contributed by atoms with van der Waals surface area (Å²) >= 11 is 9.57. The minimum atomic E-state index is -0.632. The molecule has 9 heteroatoms. The van der Waals surface area contributed by atoms with Crippen molar-refractivity contribution in [1.82, 2.24) is 14.8 Å². The number of carbonyl (C=O) groups excluding carboxylic acids is 2. The quantitative estimate of drug-likeness (QED) is 0.488. The van der Waals surface area contributed by atoms with Crippen LogP contribution in [0.2, 0.25) is 5.15 Å². The Hall–Kier alpha value is -2.16. The third-order valence-corrected chi connectivity index (χ3v) is 5.76. The zero-order chi connectivity index (χ0) is 24.2. The zero-order valence-electron chi connectivity index (χ0n) is 19.3. The lowest BCUT2D eigenvalue weighted by Gasteiger charge is -2.46. The Labute approximate surface area is 208 Å². The lowest BCUT2D eigenvalue weighted by atomic mass is 9.99. The molecule has 2 atom stereocenters. The predicted octanol–water partition coefficient (Wildman–Crippen LogP) is 5.22. The molecule has 0 spiro atoms. The summed E-state index contributed by atoms with van der Waals surface area (Å²) in [5.74, 6) is -0.110. The van der Waals surface area contributed by atoms with E-state index in [4.69, 9.17) is 21.1 Å². The second-order valence-electron chi connectivity index (χ2n) is 9.03. The Morgan fingerprint density at radius 1 is 1.18 bits per heavy atom. The minimum Gasteiger partial charge on any atom is -0.444 e. The van der Waals surface area contributed by atoms with Gasteiger partial charge in [-0.15, -0.1) is 0 Å². The van der Waals surface area contributed by atoms with E-state index in [9.17, 15) is 9.59 Å². The Bertz CT molecular complexity index is 963. The molecule has 178 valence electrons. The molecule has 33 heavy (non-hydrogen) atoms. The molecule has 1 aliphatic heterocycles. The van der Waals surface area contributed by atoms with E-state index >= 15 is 0 Å². The molecule has 0 radical (unpaired) electrons. The number of hydrogen-bond donors (Lipinski definition) is 0. The predicted molar refractivity (Wildman–Crippen MR) is 130 cm³/mol. The molecule has 0 aliphatic carbocycles. The van der Waals surface area contributed by atoms with E-state index in [0.717, 1.165) is 11.1 Å². The van der Waals surface area contributed by atoms with Crippen molar-refractivity contribution in [2.45, 2.75) is 52.0 Å². The van der Waals surface area contributed by atoms with Crippen LogP contribution in [-0.2, 0) is 20.9 Å². The molecule has 1 saturated heterocycles. The van der Waals surface area contributed by atoms with Crippen LogP contribution >= 0.6 is 27.5 Å². The monoisotopic (exact) mass is 537 g/mol. The van der Waals surface area contributed by atoms with Crippen LogP contribution in [0.4, 0.5) is 4.79 Å². The fourth-order valence-electron chi connectivity index (χ4n) is 3.88. The molecule has 1 aromatic carbocycles. The number of halogens is 2. The third-order valence-electron chi connectivity index (χ3n) is 5.16. The summed E-state index contributed by atoms with van der Waals surface area (Å²) in [5, 5.41) is 0.300. The van der Waals surface area contributed by atoms with Crippen molar-refractivity contribution in [3.05, 3.63) is 63.3 Å². The molecule has 0 bridgehead atoms. The normalized spacial score (nSPS) is 18.8. The summed E-state index contributed by atoms with van der Waals surface area (Å²) in [6.07, 6.45) is -0.428. The van der Waals surface area contributed by atoms with Crippen molar-refractivity contribution in [2.75, 3.05) is 19.7 Å². The van der Waals surface area contributed by atoms with Crippen LogP contribution in [0.1, 0.15) is 44.9 Å². The van der Waals surface area contributed by atoms with E-state index in [1.807, 2.05) is 57.2 Å². The first-order chi connectivity index (χ1) is 15.5. The average Bonchev–Trinajstić information content (AvgIpc) is 2.72. The molecule has 0 unspecified atom stereocenters. The Balaban J connectivity index is 1.88. The summed E-state index contributed by atoms with van der Waals surface area (Å²) in [6, 6.07) is 12.6. The van der Waals surface area contributed by atoms with E-state index in [1.165, 1.54) is 6.92 Å². The number of nitrogens with zero attached hydrogens (tertiary/aromatic N) is 3. The molecule has 1 aliphatic rings. The van der Waals surface area contributed by atoms with Crippen LogP contribution in [0.25, 0.3) is 0 Å². The smallest absolute Gasteiger partial charge is 0.410 e. The van der Waals surface area contributed by atoms with Crippen molar-refractivity contribution in [3.8, 4) is 0 Å². The fourth-order valence-corrected chi connectivity index (χ4v) is 4.66. The number of pyridine rings is 1. The van der Waals surface area contributed by atoms with E-state index < -0.39 is 17.7 Å². The fraction of sp³-hybridized carbons (Fsp3) is 0.458. The lowest BCUT2D eigenvalue weighted by Crippen LogP contribution is -2.59. The van der Waals surface area contributed by atoms with Gasteiger partial charge in [-0.1, -0.05) is 41.9 Å². The molecule has 7 nitrogen and oxygen atoms in total. The van der Waals surface area contributed by atoms with Crippen molar-refractivity contribution in [1.29, 1.82) is 0 Å². The highest BCUT2D eigenvalue weighted by atomic mass is 79.9. The molecule has 1 fully saturated rings. The molecule has 0 N–H and O–H groups in total. The largest absolute Gasteiger partial charge is 0.444 e. The first-order valence-electron chi connectivity index (χ1n) is 10.7. The Kier molecular flexibility index (Phi) is 8.37. The van der Waals surface area contributed by atoms with E-state index in [0.29, 0.717) is 22.9 Å². The molecule has 2 aromatic rings. The maximum absolute atomic E-state index is 13.0. The number of carbonyl (C=O) groups is 2. The highest BCUT2D eigenvalue weighted by Gasteiger charge is 2.40. The number of hydrogen-bond acceptors (Lipinski definition) is 5. The van der Waals surface area contributed by atoms with Gasteiger partial charge in [0.15, 0.2) is 0 Å². The van der Waals surface area contributed by atoms with Crippen molar-refractivity contribution < 1.29 is 19.1 Å². The van der Waals surface area contributed by atoms with Crippen LogP contribution in [0.5, 0.6) is 0 Å². The van der Waals surface area contributed by atoms with Gasteiger partial charge in [-0.2, -0.15) is 0 Å². The second kappa shape index (κ2) is 10.8. The molecule has 2 amide bonds. The van der Waals surface area contributed by atoms with Gasteiger partial charge in [-0.05, 0) is 60.0 Å². The average molecular weight is 539 g/mol. The number of aromatic nitrogens is 1. The van der Waals surface area contributed by atoms with Gasteiger partial charge in [-0.25, -0.2) is 9.78 Å². The van der Waals surface area contributed by atoms with Gasteiger partial charge in [-0.3, -0.25) is 4.79 Å². The summed E-state index contributed by atoms with van der Waals surface area (Å²) in [7, 11) is 0.